The molecule has 0 saturated heterocycles. The van der Waals surface area contributed by atoms with E-state index >= 15 is 0 Å². The monoisotopic (exact) mass is 285 g/mol. The summed E-state index contributed by atoms with van der Waals surface area (Å²) in [4.78, 5) is 16.9. The molecule has 1 aromatic carbocycles. The Labute approximate surface area is 122 Å². The Bertz CT molecular complexity index is 824. The lowest BCUT2D eigenvalue weighted by atomic mass is 10.3. The zero-order valence-electron chi connectivity index (χ0n) is 12.5. The summed E-state index contributed by atoms with van der Waals surface area (Å²) in [6.07, 6.45) is 1.54. The van der Waals surface area contributed by atoms with Gasteiger partial charge in [0.15, 0.2) is 0 Å². The van der Waals surface area contributed by atoms with Gasteiger partial charge in [-0.15, -0.1) is 0 Å². The molecule has 21 heavy (non-hydrogen) atoms. The van der Waals surface area contributed by atoms with Crippen molar-refractivity contribution < 1.29 is 0 Å². The van der Waals surface area contributed by atoms with Crippen molar-refractivity contribution in [3.05, 3.63) is 46.9 Å². The van der Waals surface area contributed by atoms with Gasteiger partial charge in [-0.2, -0.15) is 5.10 Å². The van der Waals surface area contributed by atoms with Gasteiger partial charge in [0, 0.05) is 12.6 Å². The van der Waals surface area contributed by atoms with Crippen LogP contribution in [0.15, 0.2) is 35.4 Å². The Morgan fingerprint density at radius 1 is 1.14 bits per heavy atom. The first-order valence-electron chi connectivity index (χ1n) is 7.20. The zero-order valence-corrected chi connectivity index (χ0v) is 12.5. The second-order valence-electron chi connectivity index (χ2n) is 5.32. The summed E-state index contributed by atoms with van der Waals surface area (Å²) in [5.74, 6) is 0.797. The van der Waals surface area contributed by atoms with Crippen molar-refractivity contribution in [2.24, 2.45) is 0 Å². The van der Waals surface area contributed by atoms with Crippen LogP contribution < -0.4 is 5.69 Å². The molecule has 0 saturated carbocycles. The Balaban J connectivity index is 2.15. The van der Waals surface area contributed by atoms with Crippen LogP contribution in [-0.2, 0) is 13.1 Å². The zero-order chi connectivity index (χ0) is 15.0. The van der Waals surface area contributed by atoms with E-state index in [-0.39, 0.29) is 11.7 Å². The first-order chi connectivity index (χ1) is 10.1. The van der Waals surface area contributed by atoms with Gasteiger partial charge in [0.1, 0.15) is 12.2 Å². The molecule has 0 radical (unpaired) electrons. The highest BCUT2D eigenvalue weighted by Gasteiger charge is 2.15. The highest BCUT2D eigenvalue weighted by atomic mass is 16.1. The molecule has 110 valence electrons. The predicted molar refractivity (Wildman–Crippen MR) is 81.4 cm³/mol. The molecule has 3 rings (SSSR count). The van der Waals surface area contributed by atoms with Crippen LogP contribution in [0.5, 0.6) is 0 Å². The number of benzene rings is 1. The van der Waals surface area contributed by atoms with Crippen molar-refractivity contribution in [1.29, 1.82) is 0 Å². The molecular weight excluding hydrogens is 266 g/mol. The standard InChI is InChI=1S/C15H19N5O/c1-4-18-12-7-5-6-8-13(12)19(15(18)21)9-14-16-10-17-20(14)11(2)3/h5-8,10-11H,4,9H2,1-3H3. The van der Waals surface area contributed by atoms with E-state index in [9.17, 15) is 4.79 Å². The van der Waals surface area contributed by atoms with Gasteiger partial charge in [0.25, 0.3) is 0 Å². The molecule has 0 spiro atoms. The third-order valence-electron chi connectivity index (χ3n) is 3.68. The number of nitrogens with zero attached hydrogens (tertiary/aromatic N) is 5. The van der Waals surface area contributed by atoms with Gasteiger partial charge < -0.3 is 0 Å². The van der Waals surface area contributed by atoms with E-state index in [1.165, 1.54) is 0 Å². The van der Waals surface area contributed by atoms with E-state index < -0.39 is 0 Å². The SMILES string of the molecule is CCn1c(=O)n(Cc2ncnn2C(C)C)c2ccccc21. The van der Waals surface area contributed by atoms with Crippen LogP contribution in [0.4, 0.5) is 0 Å². The fourth-order valence-electron chi connectivity index (χ4n) is 2.69. The average molecular weight is 285 g/mol. The Kier molecular flexibility index (Phi) is 3.37. The number of hydrogen-bond donors (Lipinski definition) is 0. The van der Waals surface area contributed by atoms with Gasteiger partial charge in [-0.05, 0) is 32.9 Å². The fraction of sp³-hybridized carbons (Fsp3) is 0.400. The summed E-state index contributed by atoms with van der Waals surface area (Å²) < 4.78 is 5.40. The van der Waals surface area contributed by atoms with Crippen LogP contribution >= 0.6 is 0 Å². The van der Waals surface area contributed by atoms with Crippen molar-refractivity contribution in [2.45, 2.75) is 39.9 Å². The number of imidazole rings is 1. The number of fused-ring (bicyclic) bond motifs is 1. The van der Waals surface area contributed by atoms with Crippen molar-refractivity contribution in [3.63, 3.8) is 0 Å². The number of hydrogen-bond acceptors (Lipinski definition) is 3. The third kappa shape index (κ3) is 2.16. The smallest absolute Gasteiger partial charge is 0.292 e. The summed E-state index contributed by atoms with van der Waals surface area (Å²) in [6.45, 7) is 7.18. The quantitative estimate of drug-likeness (QED) is 0.737. The molecule has 0 atom stereocenters. The molecule has 0 fully saturated rings. The molecule has 3 aromatic rings. The van der Waals surface area contributed by atoms with Gasteiger partial charge >= 0.3 is 5.69 Å². The molecule has 2 aromatic heterocycles. The van der Waals surface area contributed by atoms with Gasteiger partial charge in [-0.3, -0.25) is 9.13 Å². The first-order valence-corrected chi connectivity index (χ1v) is 7.20. The minimum Gasteiger partial charge on any atom is -0.292 e. The highest BCUT2D eigenvalue weighted by molar-refractivity contribution is 5.76. The average Bonchev–Trinajstić information content (AvgIpc) is 3.03. The number of aryl methyl sites for hydroxylation is 1. The molecule has 0 N–H and O–H groups in total. The van der Waals surface area contributed by atoms with Crippen LogP contribution in [-0.4, -0.2) is 23.9 Å². The van der Waals surface area contributed by atoms with Crippen LogP contribution in [0.3, 0.4) is 0 Å². The van der Waals surface area contributed by atoms with Gasteiger partial charge in [0.2, 0.25) is 0 Å². The van der Waals surface area contributed by atoms with Gasteiger partial charge in [-0.25, -0.2) is 14.5 Å². The molecule has 6 nitrogen and oxygen atoms in total. The van der Waals surface area contributed by atoms with Crippen molar-refractivity contribution >= 4 is 11.0 Å². The molecule has 0 aliphatic carbocycles. The van der Waals surface area contributed by atoms with E-state index in [1.54, 1.807) is 15.5 Å². The maximum absolute atomic E-state index is 12.6. The second-order valence-corrected chi connectivity index (χ2v) is 5.32. The van der Waals surface area contributed by atoms with Crippen molar-refractivity contribution in [1.82, 2.24) is 23.9 Å². The maximum Gasteiger partial charge on any atom is 0.329 e. The fourth-order valence-corrected chi connectivity index (χ4v) is 2.69. The van der Waals surface area contributed by atoms with Crippen LogP contribution in [0.2, 0.25) is 0 Å². The van der Waals surface area contributed by atoms with E-state index in [0.29, 0.717) is 13.1 Å². The summed E-state index contributed by atoms with van der Waals surface area (Å²) in [7, 11) is 0. The normalized spacial score (nSPS) is 11.6. The lowest BCUT2D eigenvalue weighted by Crippen LogP contribution is -2.25. The Morgan fingerprint density at radius 3 is 2.43 bits per heavy atom. The summed E-state index contributed by atoms with van der Waals surface area (Å²) in [5.41, 5.74) is 1.89. The van der Waals surface area contributed by atoms with Gasteiger partial charge in [0.05, 0.1) is 17.6 Å². The molecular formula is C15H19N5O. The minimum absolute atomic E-state index is 0.00277. The topological polar surface area (TPSA) is 57.6 Å². The van der Waals surface area contributed by atoms with Crippen LogP contribution in [0, 0.1) is 0 Å². The van der Waals surface area contributed by atoms with E-state index in [1.807, 2.05) is 35.9 Å². The summed E-state index contributed by atoms with van der Waals surface area (Å²) >= 11 is 0. The molecule has 2 heterocycles. The van der Waals surface area contributed by atoms with E-state index in [2.05, 4.69) is 23.9 Å². The minimum atomic E-state index is -0.00277. The predicted octanol–water partition coefficient (Wildman–Crippen LogP) is 2.04. The molecule has 0 unspecified atom stereocenters. The third-order valence-corrected chi connectivity index (χ3v) is 3.68. The van der Waals surface area contributed by atoms with E-state index in [4.69, 9.17) is 0 Å². The Morgan fingerprint density at radius 2 is 1.81 bits per heavy atom. The second kappa shape index (κ2) is 5.20. The Hall–Kier alpha value is -2.37. The van der Waals surface area contributed by atoms with Crippen LogP contribution in [0.25, 0.3) is 11.0 Å². The number of rotatable bonds is 4. The summed E-state index contributed by atoms with van der Waals surface area (Å²) in [6, 6.07) is 8.07. The number of para-hydroxylation sites is 2. The molecule has 0 amide bonds. The van der Waals surface area contributed by atoms with Crippen molar-refractivity contribution in [2.75, 3.05) is 0 Å². The van der Waals surface area contributed by atoms with E-state index in [0.717, 1.165) is 16.9 Å². The number of aromatic nitrogens is 5. The lowest BCUT2D eigenvalue weighted by Gasteiger charge is -2.09. The highest BCUT2D eigenvalue weighted by Crippen LogP contribution is 2.14. The molecule has 6 heteroatoms. The van der Waals surface area contributed by atoms with Crippen molar-refractivity contribution in [3.8, 4) is 0 Å². The summed E-state index contributed by atoms with van der Waals surface area (Å²) in [5, 5.41) is 4.23. The van der Waals surface area contributed by atoms with Crippen LogP contribution in [0.1, 0.15) is 32.6 Å². The first kappa shape index (κ1) is 13.6. The molecule has 0 aliphatic rings. The molecule has 0 bridgehead atoms. The van der Waals surface area contributed by atoms with Gasteiger partial charge in [-0.1, -0.05) is 12.1 Å². The maximum atomic E-state index is 12.6. The molecule has 0 aliphatic heterocycles. The largest absolute Gasteiger partial charge is 0.329 e. The lowest BCUT2D eigenvalue weighted by molar-refractivity contribution is 0.494.